The highest BCUT2D eigenvalue weighted by Crippen LogP contribution is 2.40. The van der Waals surface area contributed by atoms with Crippen molar-refractivity contribution in [3.63, 3.8) is 0 Å². The van der Waals surface area contributed by atoms with E-state index >= 15 is 0 Å². The average molecular weight is 245 g/mol. The van der Waals surface area contributed by atoms with Crippen LogP contribution in [0.5, 0.6) is 0 Å². The Kier molecular flexibility index (Phi) is 2.66. The molecule has 3 unspecified atom stereocenters. The molecule has 2 saturated carbocycles. The molecule has 3 heteroatoms. The molecule has 0 aromatic heterocycles. The first-order chi connectivity index (χ1) is 8.92. The van der Waals surface area contributed by atoms with Crippen molar-refractivity contribution in [2.45, 2.75) is 64.0 Å². The van der Waals surface area contributed by atoms with Crippen LogP contribution in [0.4, 0.5) is 0 Å². The highest BCUT2D eigenvalue weighted by atomic mass is 15.5. The fourth-order valence-electron chi connectivity index (χ4n) is 4.31. The van der Waals surface area contributed by atoms with E-state index in [4.69, 9.17) is 10.1 Å². The SMILES string of the molecule is C1CCC2C3=NC4CCCCN4N=C3CCC2C1. The Morgan fingerprint density at radius 3 is 2.83 bits per heavy atom. The summed E-state index contributed by atoms with van der Waals surface area (Å²) in [5.74, 6) is 1.68. The van der Waals surface area contributed by atoms with Crippen molar-refractivity contribution in [2.24, 2.45) is 21.9 Å². The van der Waals surface area contributed by atoms with Crippen LogP contribution in [-0.4, -0.2) is 29.1 Å². The first kappa shape index (κ1) is 11.0. The first-order valence-corrected chi connectivity index (χ1v) is 7.84. The maximum absolute atomic E-state index is 5.12. The lowest BCUT2D eigenvalue weighted by atomic mass is 9.69. The maximum atomic E-state index is 5.12. The molecule has 1 saturated heterocycles. The van der Waals surface area contributed by atoms with Gasteiger partial charge in [-0.3, -0.25) is 10.0 Å². The molecule has 4 aliphatic rings. The van der Waals surface area contributed by atoms with Gasteiger partial charge in [0.1, 0.15) is 6.17 Å². The number of nitrogens with zero attached hydrogens (tertiary/aromatic N) is 3. The minimum Gasteiger partial charge on any atom is -0.272 e. The zero-order chi connectivity index (χ0) is 11.9. The molecule has 18 heavy (non-hydrogen) atoms. The average Bonchev–Trinajstić information content (AvgIpc) is 2.45. The van der Waals surface area contributed by atoms with Crippen molar-refractivity contribution in [3.8, 4) is 0 Å². The normalized spacial score (nSPS) is 39.1. The molecule has 2 heterocycles. The Morgan fingerprint density at radius 1 is 0.944 bits per heavy atom. The van der Waals surface area contributed by atoms with E-state index in [2.05, 4.69) is 5.01 Å². The zero-order valence-corrected chi connectivity index (χ0v) is 11.1. The first-order valence-electron chi connectivity index (χ1n) is 7.84. The maximum Gasteiger partial charge on any atom is 0.137 e. The number of aliphatic imine (C=N–C) groups is 1. The van der Waals surface area contributed by atoms with Crippen LogP contribution >= 0.6 is 0 Å². The van der Waals surface area contributed by atoms with Gasteiger partial charge in [-0.2, -0.15) is 5.10 Å². The summed E-state index contributed by atoms with van der Waals surface area (Å²) in [5, 5.41) is 7.21. The Morgan fingerprint density at radius 2 is 1.83 bits per heavy atom. The van der Waals surface area contributed by atoms with Crippen molar-refractivity contribution < 1.29 is 0 Å². The largest absolute Gasteiger partial charge is 0.272 e. The molecule has 98 valence electrons. The molecule has 3 nitrogen and oxygen atoms in total. The number of hydrogen-bond donors (Lipinski definition) is 0. The van der Waals surface area contributed by atoms with E-state index in [-0.39, 0.29) is 0 Å². The van der Waals surface area contributed by atoms with Gasteiger partial charge in [0.05, 0.1) is 11.4 Å². The van der Waals surface area contributed by atoms with Gasteiger partial charge in [0.2, 0.25) is 0 Å². The summed E-state index contributed by atoms with van der Waals surface area (Å²) in [6.07, 6.45) is 12.4. The van der Waals surface area contributed by atoms with E-state index in [1.165, 1.54) is 69.2 Å². The van der Waals surface area contributed by atoms with Crippen LogP contribution in [0.25, 0.3) is 0 Å². The lowest BCUT2D eigenvalue weighted by Crippen LogP contribution is -2.46. The van der Waals surface area contributed by atoms with Crippen molar-refractivity contribution in [1.29, 1.82) is 0 Å². The van der Waals surface area contributed by atoms with Gasteiger partial charge in [-0.1, -0.05) is 12.8 Å². The van der Waals surface area contributed by atoms with Gasteiger partial charge >= 0.3 is 0 Å². The summed E-state index contributed by atoms with van der Waals surface area (Å²) in [6.45, 7) is 1.12. The number of rotatable bonds is 0. The fourth-order valence-corrected chi connectivity index (χ4v) is 4.31. The Balaban J connectivity index is 1.64. The predicted molar refractivity (Wildman–Crippen MR) is 73.9 cm³/mol. The van der Waals surface area contributed by atoms with E-state index in [0.717, 1.165) is 18.4 Å². The Bertz CT molecular complexity index is 399. The summed E-state index contributed by atoms with van der Waals surface area (Å²) < 4.78 is 0. The minimum atomic E-state index is 0.387. The van der Waals surface area contributed by atoms with Crippen molar-refractivity contribution in [3.05, 3.63) is 0 Å². The summed E-state index contributed by atoms with van der Waals surface area (Å²) >= 11 is 0. The smallest absolute Gasteiger partial charge is 0.137 e. The number of hydrazone groups is 1. The second kappa shape index (κ2) is 4.36. The monoisotopic (exact) mass is 245 g/mol. The quantitative estimate of drug-likeness (QED) is 0.644. The van der Waals surface area contributed by atoms with Gasteiger partial charge in [-0.25, -0.2) is 0 Å². The van der Waals surface area contributed by atoms with E-state index in [1.54, 1.807) is 0 Å². The molecule has 2 aliphatic heterocycles. The van der Waals surface area contributed by atoms with Gasteiger partial charge in [0, 0.05) is 12.5 Å². The predicted octanol–water partition coefficient (Wildman–Crippen LogP) is 3.21. The minimum absolute atomic E-state index is 0.387. The Labute approximate surface area is 109 Å². The molecule has 0 spiro atoms. The molecule has 3 atom stereocenters. The van der Waals surface area contributed by atoms with E-state index in [0.29, 0.717) is 6.17 Å². The van der Waals surface area contributed by atoms with Gasteiger partial charge in [-0.05, 0) is 50.9 Å². The van der Waals surface area contributed by atoms with Crippen LogP contribution in [-0.2, 0) is 0 Å². The number of piperidine rings is 1. The summed E-state index contributed by atoms with van der Waals surface area (Å²) in [5.41, 5.74) is 2.77. The molecular weight excluding hydrogens is 222 g/mol. The van der Waals surface area contributed by atoms with E-state index in [1.807, 2.05) is 0 Å². The molecule has 3 fully saturated rings. The Hall–Kier alpha value is -0.860. The summed E-state index contributed by atoms with van der Waals surface area (Å²) in [4.78, 5) is 5.12. The third-order valence-electron chi connectivity index (χ3n) is 5.29. The van der Waals surface area contributed by atoms with Gasteiger partial charge in [0.25, 0.3) is 0 Å². The van der Waals surface area contributed by atoms with Crippen molar-refractivity contribution in [2.75, 3.05) is 6.54 Å². The fraction of sp³-hybridized carbons (Fsp3) is 0.867. The van der Waals surface area contributed by atoms with Gasteiger partial charge in [-0.15, -0.1) is 0 Å². The lowest BCUT2D eigenvalue weighted by molar-refractivity contribution is 0.153. The highest BCUT2D eigenvalue weighted by Gasteiger charge is 2.39. The number of fused-ring (bicyclic) bond motifs is 4. The second-order valence-corrected chi connectivity index (χ2v) is 6.39. The lowest BCUT2D eigenvalue weighted by Gasteiger charge is -2.42. The van der Waals surface area contributed by atoms with Crippen LogP contribution in [0, 0.1) is 11.8 Å². The van der Waals surface area contributed by atoms with E-state index in [9.17, 15) is 0 Å². The van der Waals surface area contributed by atoms with Crippen LogP contribution in [0.3, 0.4) is 0 Å². The number of hydrogen-bond acceptors (Lipinski definition) is 3. The third-order valence-corrected chi connectivity index (χ3v) is 5.29. The van der Waals surface area contributed by atoms with E-state index < -0.39 is 0 Å². The van der Waals surface area contributed by atoms with Crippen molar-refractivity contribution in [1.82, 2.24) is 5.01 Å². The summed E-state index contributed by atoms with van der Waals surface area (Å²) in [7, 11) is 0. The molecular formula is C15H23N3. The van der Waals surface area contributed by atoms with Gasteiger partial charge < -0.3 is 0 Å². The topological polar surface area (TPSA) is 28.0 Å². The molecule has 0 N–H and O–H groups in total. The third kappa shape index (κ3) is 1.70. The van der Waals surface area contributed by atoms with Crippen LogP contribution in [0.15, 0.2) is 10.1 Å². The molecule has 4 rings (SSSR count). The highest BCUT2D eigenvalue weighted by molar-refractivity contribution is 6.43. The standard InChI is InChI=1S/C15H23N3/c1-2-6-12-11(5-1)8-9-13-15(12)16-14-7-3-4-10-18(14)17-13/h11-12,14H,1-10H2. The molecule has 0 radical (unpaired) electrons. The molecule has 0 amide bonds. The van der Waals surface area contributed by atoms with Crippen LogP contribution < -0.4 is 0 Å². The molecule has 0 bridgehead atoms. The summed E-state index contributed by atoms with van der Waals surface area (Å²) in [6, 6.07) is 0. The van der Waals surface area contributed by atoms with Gasteiger partial charge in [0.15, 0.2) is 0 Å². The second-order valence-electron chi connectivity index (χ2n) is 6.39. The molecule has 2 aliphatic carbocycles. The van der Waals surface area contributed by atoms with Crippen LogP contribution in [0.1, 0.15) is 57.8 Å². The van der Waals surface area contributed by atoms with Crippen molar-refractivity contribution >= 4 is 11.4 Å². The molecule has 0 aromatic carbocycles. The molecule has 0 aromatic rings. The van der Waals surface area contributed by atoms with Crippen LogP contribution in [0.2, 0.25) is 0 Å². The zero-order valence-electron chi connectivity index (χ0n) is 11.1.